The van der Waals surface area contributed by atoms with Gasteiger partial charge < -0.3 is 4.74 Å². The average molecular weight is 394 g/mol. The number of nitrogens with zero attached hydrogens (tertiary/aromatic N) is 1. The highest BCUT2D eigenvalue weighted by Gasteiger charge is 2.68. The van der Waals surface area contributed by atoms with E-state index in [0.29, 0.717) is 12.2 Å². The molecule has 0 bridgehead atoms. The Kier molecular flexibility index (Phi) is 5.58. The van der Waals surface area contributed by atoms with E-state index in [1.165, 1.54) is 24.9 Å². The van der Waals surface area contributed by atoms with Crippen LogP contribution in [0.25, 0.3) is 0 Å². The van der Waals surface area contributed by atoms with Crippen LogP contribution in [0, 0.1) is 17.7 Å². The zero-order valence-corrected chi connectivity index (χ0v) is 16.3. The average Bonchev–Trinajstić information content (AvgIpc) is 3.11. The first-order valence-electron chi connectivity index (χ1n) is 8.88. The Morgan fingerprint density at radius 3 is 2.67 bits per heavy atom. The predicted octanol–water partition coefficient (Wildman–Crippen LogP) is 1.76. The van der Waals surface area contributed by atoms with Crippen LogP contribution in [0.1, 0.15) is 24.9 Å². The third-order valence-electron chi connectivity index (χ3n) is 5.46. The van der Waals surface area contributed by atoms with Crippen molar-refractivity contribution in [2.24, 2.45) is 11.8 Å². The highest BCUT2D eigenvalue weighted by Crippen LogP contribution is 2.50. The van der Waals surface area contributed by atoms with E-state index in [4.69, 9.17) is 4.74 Å². The smallest absolute Gasteiger partial charge is 0.327 e. The van der Waals surface area contributed by atoms with Gasteiger partial charge in [0.25, 0.3) is 0 Å². The number of hydrogen-bond donors (Lipinski definition) is 1. The minimum absolute atomic E-state index is 0.154. The zero-order valence-electron chi connectivity index (χ0n) is 15.5. The minimum Gasteiger partial charge on any atom is -0.465 e. The quantitative estimate of drug-likeness (QED) is 0.585. The van der Waals surface area contributed by atoms with Gasteiger partial charge in [0.15, 0.2) is 0 Å². The first-order chi connectivity index (χ1) is 12.9. The molecule has 0 saturated carbocycles. The number of imide groups is 1. The number of carbonyl (C=O) groups is 3. The first-order valence-corrected chi connectivity index (χ1v) is 10.3. The number of likely N-dealkylation sites (tertiary alicyclic amines) is 1. The van der Waals surface area contributed by atoms with E-state index in [1.807, 2.05) is 6.26 Å². The molecule has 0 spiro atoms. The Labute approximate surface area is 161 Å². The lowest BCUT2D eigenvalue weighted by Crippen LogP contribution is -2.56. The van der Waals surface area contributed by atoms with E-state index >= 15 is 0 Å². The molecule has 27 heavy (non-hydrogen) atoms. The van der Waals surface area contributed by atoms with Crippen molar-refractivity contribution < 1.29 is 23.5 Å². The third kappa shape index (κ3) is 3.04. The fraction of sp³-hybridized carbons (Fsp3) is 0.526. The van der Waals surface area contributed by atoms with Crippen molar-refractivity contribution in [3.63, 3.8) is 0 Å². The Morgan fingerprint density at radius 2 is 2.04 bits per heavy atom. The highest BCUT2D eigenvalue weighted by atomic mass is 32.2. The Balaban J connectivity index is 2.14. The van der Waals surface area contributed by atoms with Crippen molar-refractivity contribution in [3.8, 4) is 0 Å². The number of carbonyl (C=O) groups excluding carboxylic acids is 3. The number of thioether (sulfide) groups is 1. The topological polar surface area (TPSA) is 75.7 Å². The molecule has 4 atom stereocenters. The lowest BCUT2D eigenvalue weighted by Gasteiger charge is -2.32. The van der Waals surface area contributed by atoms with Crippen molar-refractivity contribution in [3.05, 3.63) is 35.6 Å². The summed E-state index contributed by atoms with van der Waals surface area (Å²) in [6.45, 7) is 1.84. The molecular weight excluding hydrogens is 371 g/mol. The second-order valence-electron chi connectivity index (χ2n) is 6.82. The number of benzene rings is 1. The van der Waals surface area contributed by atoms with Crippen LogP contribution in [0.5, 0.6) is 0 Å². The van der Waals surface area contributed by atoms with E-state index in [-0.39, 0.29) is 12.2 Å². The van der Waals surface area contributed by atoms with Gasteiger partial charge in [-0.25, -0.2) is 4.39 Å². The monoisotopic (exact) mass is 394 g/mol. The minimum atomic E-state index is -1.35. The maximum Gasteiger partial charge on any atom is 0.327 e. The predicted molar refractivity (Wildman–Crippen MR) is 99.4 cm³/mol. The molecule has 2 aliphatic rings. The second-order valence-corrected chi connectivity index (χ2v) is 7.80. The van der Waals surface area contributed by atoms with Gasteiger partial charge in [0, 0.05) is 18.7 Å². The normalized spacial score (nSPS) is 29.9. The van der Waals surface area contributed by atoms with Gasteiger partial charge >= 0.3 is 5.97 Å². The molecule has 6 nitrogen and oxygen atoms in total. The summed E-state index contributed by atoms with van der Waals surface area (Å²) in [4.78, 5) is 39.7. The number of halogens is 1. The van der Waals surface area contributed by atoms with Gasteiger partial charge in [-0.1, -0.05) is 18.2 Å². The molecule has 2 fully saturated rings. The summed E-state index contributed by atoms with van der Waals surface area (Å²) in [5.74, 6) is -3.04. The van der Waals surface area contributed by atoms with Gasteiger partial charge in [-0.15, -0.1) is 0 Å². The molecule has 2 aliphatic heterocycles. The molecular formula is C19H23FN2O4S. The maximum absolute atomic E-state index is 14.5. The summed E-state index contributed by atoms with van der Waals surface area (Å²) in [7, 11) is 1.41. The molecule has 1 aromatic carbocycles. The van der Waals surface area contributed by atoms with Crippen molar-refractivity contribution >= 4 is 29.5 Å². The van der Waals surface area contributed by atoms with Gasteiger partial charge in [0.2, 0.25) is 11.8 Å². The number of fused-ring (bicyclic) bond motifs is 1. The molecule has 3 rings (SSSR count). The Morgan fingerprint density at radius 1 is 1.33 bits per heavy atom. The zero-order chi connectivity index (χ0) is 19.8. The first kappa shape index (κ1) is 19.8. The number of hydrogen-bond acceptors (Lipinski definition) is 6. The van der Waals surface area contributed by atoms with Crippen LogP contribution in [0.2, 0.25) is 0 Å². The van der Waals surface area contributed by atoms with E-state index in [1.54, 1.807) is 25.1 Å². The second kappa shape index (κ2) is 7.59. The van der Waals surface area contributed by atoms with Crippen LogP contribution >= 0.6 is 11.8 Å². The summed E-state index contributed by atoms with van der Waals surface area (Å²) in [5, 5.41) is 3.17. The fourth-order valence-corrected chi connectivity index (χ4v) is 4.71. The Bertz CT molecular complexity index is 774. The van der Waals surface area contributed by atoms with Crippen LogP contribution in [0.4, 0.5) is 4.39 Å². The fourth-order valence-electron chi connectivity index (χ4n) is 4.18. The highest BCUT2D eigenvalue weighted by molar-refractivity contribution is 7.98. The van der Waals surface area contributed by atoms with Gasteiger partial charge in [-0.05, 0) is 31.4 Å². The van der Waals surface area contributed by atoms with E-state index < -0.39 is 47.0 Å². The molecule has 2 saturated heterocycles. The number of esters is 1. The molecule has 146 valence electrons. The van der Waals surface area contributed by atoms with Crippen LogP contribution in [-0.4, -0.2) is 53.9 Å². The molecule has 1 N–H and O–H groups in total. The standard InChI is InChI=1S/C19H23FN2O4S/c1-4-26-18(25)19(9-10-27-3)14-13(16(23)22(2)17(14)24)15(21-19)11-7-5-6-8-12(11)20/h5-8,13-15,21H,4,9-10H2,1-3H3/t13-,14+,15-,19-/m0/s1. The van der Waals surface area contributed by atoms with Crippen molar-refractivity contribution in [1.29, 1.82) is 0 Å². The molecule has 2 heterocycles. The van der Waals surface area contributed by atoms with E-state index in [2.05, 4.69) is 5.32 Å². The van der Waals surface area contributed by atoms with Crippen LogP contribution in [-0.2, 0) is 19.1 Å². The lowest BCUT2D eigenvalue weighted by molar-refractivity contribution is -0.156. The molecule has 1 aromatic rings. The van der Waals surface area contributed by atoms with Crippen molar-refractivity contribution in [2.45, 2.75) is 24.9 Å². The summed E-state index contributed by atoms with van der Waals surface area (Å²) >= 11 is 1.53. The maximum atomic E-state index is 14.5. The Hall–Kier alpha value is -1.93. The molecule has 0 radical (unpaired) electrons. The molecule has 0 aliphatic carbocycles. The summed E-state index contributed by atoms with van der Waals surface area (Å²) in [5.41, 5.74) is -1.08. The molecule has 8 heteroatoms. The molecule has 2 amide bonds. The van der Waals surface area contributed by atoms with Crippen molar-refractivity contribution in [1.82, 2.24) is 10.2 Å². The summed E-state index contributed by atoms with van der Waals surface area (Å²) in [6.07, 6.45) is 2.21. The van der Waals surface area contributed by atoms with Gasteiger partial charge in [0.05, 0.1) is 18.4 Å². The number of amides is 2. The summed E-state index contributed by atoms with van der Waals surface area (Å²) < 4.78 is 19.8. The van der Waals surface area contributed by atoms with Gasteiger partial charge in [-0.3, -0.25) is 24.6 Å². The van der Waals surface area contributed by atoms with E-state index in [9.17, 15) is 18.8 Å². The van der Waals surface area contributed by atoms with Crippen LogP contribution in [0.15, 0.2) is 24.3 Å². The van der Waals surface area contributed by atoms with Gasteiger partial charge in [-0.2, -0.15) is 11.8 Å². The van der Waals surface area contributed by atoms with Crippen molar-refractivity contribution in [2.75, 3.05) is 25.7 Å². The molecule has 0 aromatic heterocycles. The van der Waals surface area contributed by atoms with Crippen LogP contribution < -0.4 is 5.32 Å². The SMILES string of the molecule is CCOC(=O)[C@@]1(CCSC)N[C@@H](c2ccccc2F)[C@H]2C(=O)N(C)C(=O)[C@@H]21. The third-order valence-corrected chi connectivity index (χ3v) is 6.07. The number of nitrogens with one attached hydrogen (secondary N) is 1. The van der Waals surface area contributed by atoms with E-state index in [0.717, 1.165) is 4.90 Å². The largest absolute Gasteiger partial charge is 0.465 e. The number of rotatable bonds is 6. The molecule has 0 unspecified atom stereocenters. The lowest BCUT2D eigenvalue weighted by atomic mass is 9.77. The number of ether oxygens (including phenoxy) is 1. The summed E-state index contributed by atoms with van der Waals surface area (Å²) in [6, 6.07) is 5.35. The van der Waals surface area contributed by atoms with Gasteiger partial charge in [0.1, 0.15) is 11.4 Å². The van der Waals surface area contributed by atoms with Crippen LogP contribution in [0.3, 0.4) is 0 Å².